The zero-order chi connectivity index (χ0) is 14.4. The number of nitrogens with zero attached hydrogens (tertiary/aromatic N) is 1. The van der Waals surface area contributed by atoms with Gasteiger partial charge in [0.2, 0.25) is 0 Å². The predicted octanol–water partition coefficient (Wildman–Crippen LogP) is 1.35. The van der Waals surface area contributed by atoms with Gasteiger partial charge in [-0.2, -0.15) is 0 Å². The molecule has 1 aromatic carbocycles. The Morgan fingerprint density at radius 1 is 1.42 bits per heavy atom. The molecule has 106 valence electrons. The molecule has 5 heteroatoms. The first-order valence-corrected chi connectivity index (χ1v) is 6.38. The summed E-state index contributed by atoms with van der Waals surface area (Å²) in [5.41, 5.74) is 6.92. The third-order valence-electron chi connectivity index (χ3n) is 2.49. The number of nitrogen functional groups attached to an aromatic ring is 1. The maximum Gasteiger partial charge on any atom is 0.251 e. The van der Waals surface area contributed by atoms with E-state index >= 15 is 0 Å². The fourth-order valence-corrected chi connectivity index (χ4v) is 1.50. The highest BCUT2D eigenvalue weighted by Gasteiger charge is 2.09. The Kier molecular flexibility index (Phi) is 5.63. The van der Waals surface area contributed by atoms with Crippen molar-refractivity contribution < 1.29 is 9.53 Å². The Labute approximate surface area is 114 Å². The van der Waals surface area contributed by atoms with Gasteiger partial charge in [-0.3, -0.25) is 4.79 Å². The van der Waals surface area contributed by atoms with Crippen molar-refractivity contribution >= 4 is 11.6 Å². The average Bonchev–Trinajstić information content (AvgIpc) is 2.29. The Bertz CT molecular complexity index is 431. The molecule has 5 nitrogen and oxygen atoms in total. The summed E-state index contributed by atoms with van der Waals surface area (Å²) in [5, 5.41) is 2.82. The number of nitrogens with two attached hydrogens (primary N) is 1. The molecule has 0 spiro atoms. The number of nitrogens with one attached hydrogen (secondary N) is 1. The second-order valence-corrected chi connectivity index (χ2v) is 5.03. The zero-order valence-electron chi connectivity index (χ0n) is 12.1. The van der Waals surface area contributed by atoms with E-state index in [-0.39, 0.29) is 11.9 Å². The van der Waals surface area contributed by atoms with E-state index in [1.54, 1.807) is 18.2 Å². The fourth-order valence-electron chi connectivity index (χ4n) is 1.50. The Morgan fingerprint density at radius 2 is 2.11 bits per heavy atom. The first kappa shape index (κ1) is 15.3. The van der Waals surface area contributed by atoms with E-state index in [0.717, 1.165) is 6.54 Å². The minimum absolute atomic E-state index is 0.102. The molecule has 0 atom stereocenters. The van der Waals surface area contributed by atoms with Crippen LogP contribution in [0.5, 0.6) is 5.75 Å². The third-order valence-corrected chi connectivity index (χ3v) is 2.49. The molecule has 0 bridgehead atoms. The molecule has 0 saturated carbocycles. The van der Waals surface area contributed by atoms with Crippen molar-refractivity contribution in [3.63, 3.8) is 0 Å². The van der Waals surface area contributed by atoms with Crippen molar-refractivity contribution in [2.24, 2.45) is 0 Å². The zero-order valence-corrected chi connectivity index (χ0v) is 12.1. The van der Waals surface area contributed by atoms with E-state index < -0.39 is 0 Å². The smallest absolute Gasteiger partial charge is 0.251 e. The number of carbonyl (C=O) groups is 1. The van der Waals surface area contributed by atoms with Gasteiger partial charge < -0.3 is 20.7 Å². The van der Waals surface area contributed by atoms with Crippen LogP contribution in [0, 0.1) is 0 Å². The lowest BCUT2D eigenvalue weighted by Gasteiger charge is -2.13. The Morgan fingerprint density at radius 3 is 2.63 bits per heavy atom. The number of hydrogen-bond acceptors (Lipinski definition) is 4. The van der Waals surface area contributed by atoms with Crippen LogP contribution in [0.2, 0.25) is 0 Å². The molecule has 3 N–H and O–H groups in total. The predicted molar refractivity (Wildman–Crippen MR) is 77.5 cm³/mol. The highest BCUT2D eigenvalue weighted by atomic mass is 16.5. The van der Waals surface area contributed by atoms with E-state index in [0.29, 0.717) is 23.6 Å². The lowest BCUT2D eigenvalue weighted by Crippen LogP contribution is -2.30. The summed E-state index contributed by atoms with van der Waals surface area (Å²) in [6.45, 7) is 5.21. The molecule has 0 unspecified atom stereocenters. The normalized spacial score (nSPS) is 10.8. The van der Waals surface area contributed by atoms with Crippen LogP contribution in [0.25, 0.3) is 0 Å². The molecule has 19 heavy (non-hydrogen) atoms. The van der Waals surface area contributed by atoms with Crippen molar-refractivity contribution in [1.29, 1.82) is 0 Å². The lowest BCUT2D eigenvalue weighted by atomic mass is 10.1. The van der Waals surface area contributed by atoms with Crippen LogP contribution in [0.4, 0.5) is 5.69 Å². The maximum atomic E-state index is 11.8. The molecule has 0 aromatic heterocycles. The molecule has 0 aliphatic rings. The van der Waals surface area contributed by atoms with E-state index in [4.69, 9.17) is 10.5 Å². The first-order chi connectivity index (χ1) is 8.90. The van der Waals surface area contributed by atoms with Crippen molar-refractivity contribution in [2.75, 3.05) is 33.0 Å². The van der Waals surface area contributed by atoms with Crippen LogP contribution in [-0.2, 0) is 0 Å². The number of carbonyl (C=O) groups excluding carboxylic acids is 1. The Hall–Kier alpha value is -1.75. The molecule has 0 heterocycles. The van der Waals surface area contributed by atoms with Gasteiger partial charge in [0.25, 0.3) is 5.91 Å². The average molecular weight is 265 g/mol. The van der Waals surface area contributed by atoms with Crippen LogP contribution < -0.4 is 15.8 Å². The van der Waals surface area contributed by atoms with Gasteiger partial charge in [-0.1, -0.05) is 0 Å². The molecule has 0 aliphatic heterocycles. The summed E-state index contributed by atoms with van der Waals surface area (Å²) in [4.78, 5) is 13.8. The summed E-state index contributed by atoms with van der Waals surface area (Å²) < 4.78 is 5.57. The number of benzene rings is 1. The monoisotopic (exact) mass is 265 g/mol. The standard InChI is InChI=1S/C14H23N3O2/c1-10(2)16-14(18)11-5-6-13(12(15)9-11)19-8-7-17(3)4/h5-6,9-10H,7-8,15H2,1-4H3,(H,16,18). The first-order valence-electron chi connectivity index (χ1n) is 6.38. The van der Waals surface area contributed by atoms with Gasteiger partial charge in [0.1, 0.15) is 12.4 Å². The number of amides is 1. The highest BCUT2D eigenvalue weighted by molar-refractivity contribution is 5.95. The van der Waals surface area contributed by atoms with Crippen LogP contribution >= 0.6 is 0 Å². The molecular weight excluding hydrogens is 242 g/mol. The van der Waals surface area contributed by atoms with E-state index in [1.165, 1.54) is 0 Å². The van der Waals surface area contributed by atoms with Crippen molar-refractivity contribution in [1.82, 2.24) is 10.2 Å². The Balaban J connectivity index is 2.66. The summed E-state index contributed by atoms with van der Waals surface area (Å²) in [6, 6.07) is 5.20. The summed E-state index contributed by atoms with van der Waals surface area (Å²) in [6.07, 6.45) is 0. The van der Waals surface area contributed by atoms with Crippen LogP contribution in [0.3, 0.4) is 0 Å². The highest BCUT2D eigenvalue weighted by Crippen LogP contribution is 2.22. The summed E-state index contributed by atoms with van der Waals surface area (Å²) in [5.74, 6) is 0.490. The van der Waals surface area contributed by atoms with Gasteiger partial charge in [0.05, 0.1) is 5.69 Å². The molecule has 0 aliphatic carbocycles. The molecule has 1 amide bonds. The number of anilines is 1. The second-order valence-electron chi connectivity index (χ2n) is 5.03. The lowest BCUT2D eigenvalue weighted by molar-refractivity contribution is 0.0943. The van der Waals surface area contributed by atoms with Gasteiger partial charge in [-0.15, -0.1) is 0 Å². The topological polar surface area (TPSA) is 67.6 Å². The van der Waals surface area contributed by atoms with E-state index in [2.05, 4.69) is 5.32 Å². The van der Waals surface area contributed by atoms with Crippen molar-refractivity contribution in [3.05, 3.63) is 23.8 Å². The van der Waals surface area contributed by atoms with Crippen LogP contribution in [0.15, 0.2) is 18.2 Å². The number of hydrogen-bond donors (Lipinski definition) is 2. The van der Waals surface area contributed by atoms with Gasteiger partial charge in [0.15, 0.2) is 0 Å². The number of rotatable bonds is 6. The number of ether oxygens (including phenoxy) is 1. The third kappa shape index (κ3) is 5.18. The van der Waals surface area contributed by atoms with Crippen molar-refractivity contribution in [2.45, 2.75) is 19.9 Å². The second kappa shape index (κ2) is 6.99. The number of likely N-dealkylation sites (N-methyl/N-ethyl adjacent to an activating group) is 1. The SMILES string of the molecule is CC(C)NC(=O)c1ccc(OCCN(C)C)c(N)c1. The maximum absolute atomic E-state index is 11.8. The van der Waals surface area contributed by atoms with Crippen LogP contribution in [-0.4, -0.2) is 44.1 Å². The molecule has 0 radical (unpaired) electrons. The van der Waals surface area contributed by atoms with E-state index in [1.807, 2.05) is 32.8 Å². The van der Waals surface area contributed by atoms with Gasteiger partial charge in [0, 0.05) is 18.2 Å². The minimum Gasteiger partial charge on any atom is -0.490 e. The van der Waals surface area contributed by atoms with Crippen molar-refractivity contribution in [3.8, 4) is 5.75 Å². The molecular formula is C14H23N3O2. The minimum atomic E-state index is -0.124. The van der Waals surface area contributed by atoms with Gasteiger partial charge >= 0.3 is 0 Å². The fraction of sp³-hybridized carbons (Fsp3) is 0.500. The molecule has 0 fully saturated rings. The van der Waals surface area contributed by atoms with Crippen LogP contribution in [0.1, 0.15) is 24.2 Å². The van der Waals surface area contributed by atoms with Gasteiger partial charge in [-0.25, -0.2) is 0 Å². The summed E-state index contributed by atoms with van der Waals surface area (Å²) >= 11 is 0. The van der Waals surface area contributed by atoms with Gasteiger partial charge in [-0.05, 0) is 46.1 Å². The quantitative estimate of drug-likeness (QED) is 0.762. The largest absolute Gasteiger partial charge is 0.490 e. The molecule has 1 rings (SSSR count). The molecule has 1 aromatic rings. The molecule has 0 saturated heterocycles. The summed E-state index contributed by atoms with van der Waals surface area (Å²) in [7, 11) is 3.96. The van der Waals surface area contributed by atoms with E-state index in [9.17, 15) is 4.79 Å².